The molecule has 1 unspecified atom stereocenters. The number of oxime groups is 1. The molecule has 0 saturated heterocycles. The molecule has 0 fully saturated rings. The van der Waals surface area contributed by atoms with Crippen LogP contribution in [0.5, 0.6) is 11.5 Å². The van der Waals surface area contributed by atoms with Crippen molar-refractivity contribution in [3.8, 4) is 11.5 Å². The Morgan fingerprint density at radius 3 is 2.19 bits per heavy atom. The zero-order chi connectivity index (χ0) is 32.0. The van der Waals surface area contributed by atoms with Crippen LogP contribution in [0.1, 0.15) is 30.4 Å². The molecule has 2 aromatic carbocycles. The molecule has 1 aliphatic heterocycles. The van der Waals surface area contributed by atoms with E-state index in [9.17, 15) is 28.0 Å². The van der Waals surface area contributed by atoms with E-state index in [1.807, 2.05) is 30.3 Å². The molecule has 0 saturated carbocycles. The summed E-state index contributed by atoms with van der Waals surface area (Å²) in [7, 11) is 4.81. The minimum absolute atomic E-state index is 0.0536. The summed E-state index contributed by atoms with van der Waals surface area (Å²) in [5, 5.41) is 3.93. The van der Waals surface area contributed by atoms with Gasteiger partial charge in [0, 0.05) is 17.6 Å². The fraction of sp³-hybridized carbons (Fsp3) is 0.345. The second kappa shape index (κ2) is 16.4. The van der Waals surface area contributed by atoms with Crippen molar-refractivity contribution in [1.29, 1.82) is 0 Å². The first kappa shape index (κ1) is 34.2. The van der Waals surface area contributed by atoms with Crippen LogP contribution in [-0.2, 0) is 49.6 Å². The number of halogens is 2. The lowest BCUT2D eigenvalue weighted by atomic mass is 9.91. The van der Waals surface area contributed by atoms with Crippen LogP contribution in [0.3, 0.4) is 0 Å². The first-order chi connectivity index (χ1) is 20.5. The van der Waals surface area contributed by atoms with Crippen molar-refractivity contribution >= 4 is 29.6 Å². The molecule has 1 heterocycles. The Bertz CT molecular complexity index is 1330. The Labute approximate surface area is 246 Å². The normalized spacial score (nSPS) is 15.1. The summed E-state index contributed by atoms with van der Waals surface area (Å²) in [6.07, 6.45) is -0.627. The highest BCUT2D eigenvalue weighted by Crippen LogP contribution is 2.36. The maximum atomic E-state index is 12.8. The van der Waals surface area contributed by atoms with Crippen LogP contribution in [-0.4, -0.2) is 70.2 Å². The van der Waals surface area contributed by atoms with Crippen LogP contribution < -0.4 is 9.47 Å². The zero-order valence-electron chi connectivity index (χ0n) is 23.9. The highest BCUT2D eigenvalue weighted by Gasteiger charge is 2.50. The number of nitrogens with zero attached hydrogens (tertiary/aromatic N) is 1. The molecule has 3 rings (SSSR count). The molecule has 0 spiro atoms. The first-order valence-electron chi connectivity index (χ1n) is 12.5. The Morgan fingerprint density at radius 1 is 0.930 bits per heavy atom. The number of esters is 4. The van der Waals surface area contributed by atoms with Crippen LogP contribution in [0.15, 0.2) is 65.8 Å². The molecule has 0 aliphatic carbocycles. The second-order valence-electron chi connectivity index (χ2n) is 8.71. The van der Waals surface area contributed by atoms with Gasteiger partial charge in [-0.25, -0.2) is 9.59 Å². The summed E-state index contributed by atoms with van der Waals surface area (Å²) in [5.74, 6) is -2.67. The van der Waals surface area contributed by atoms with Gasteiger partial charge < -0.3 is 33.3 Å². The van der Waals surface area contributed by atoms with Gasteiger partial charge in [-0.05, 0) is 23.8 Å². The number of carbonyl (C=O) groups excluding carboxylic acids is 4. The standard InChI is InChI=1S/C22H21F2NO7.C7H10O4/c1-28-19(26)12-22(20(27)29-2)11-16(25-32-22)15-8-9-17(31-21(23)24)18(10-15)30-13-14-6-4-3-5-7-14;1-5(7(9)11-3)4-6(8)10-2/h3-10,21H,11-13H2,1-2H3;1,4H2,2-3H3. The van der Waals surface area contributed by atoms with Crippen molar-refractivity contribution in [3.63, 3.8) is 0 Å². The molecular formula is C29H31F2NO11. The number of benzene rings is 2. The van der Waals surface area contributed by atoms with Gasteiger partial charge in [-0.1, -0.05) is 42.1 Å². The van der Waals surface area contributed by atoms with Gasteiger partial charge in [0.05, 0.1) is 47.0 Å². The fourth-order valence-electron chi connectivity index (χ4n) is 3.59. The van der Waals surface area contributed by atoms with Gasteiger partial charge >= 0.3 is 30.5 Å². The number of ether oxygens (including phenoxy) is 6. The number of rotatable bonds is 12. The summed E-state index contributed by atoms with van der Waals surface area (Å²) < 4.78 is 53.9. The van der Waals surface area contributed by atoms with E-state index in [-0.39, 0.29) is 36.5 Å². The largest absolute Gasteiger partial charge is 0.485 e. The monoisotopic (exact) mass is 607 g/mol. The molecule has 1 aliphatic rings. The fourth-order valence-corrected chi connectivity index (χ4v) is 3.59. The van der Waals surface area contributed by atoms with Crippen molar-refractivity contribution in [2.45, 2.75) is 38.1 Å². The highest BCUT2D eigenvalue weighted by atomic mass is 19.3. The van der Waals surface area contributed by atoms with E-state index in [1.165, 1.54) is 39.5 Å². The van der Waals surface area contributed by atoms with E-state index in [4.69, 9.17) is 14.3 Å². The summed E-state index contributed by atoms with van der Waals surface area (Å²) in [4.78, 5) is 50.6. The molecule has 12 nitrogen and oxygen atoms in total. The highest BCUT2D eigenvalue weighted by molar-refractivity contribution is 6.06. The second-order valence-corrected chi connectivity index (χ2v) is 8.71. The minimum Gasteiger partial charge on any atom is -0.485 e. The predicted octanol–water partition coefficient (Wildman–Crippen LogP) is 3.75. The topological polar surface area (TPSA) is 145 Å². The van der Waals surface area contributed by atoms with Gasteiger partial charge in [0.2, 0.25) is 5.60 Å². The van der Waals surface area contributed by atoms with Gasteiger partial charge in [0.1, 0.15) is 6.61 Å². The molecule has 0 N–H and O–H groups in total. The van der Waals surface area contributed by atoms with Crippen LogP contribution >= 0.6 is 0 Å². The number of alkyl halides is 2. The first-order valence-corrected chi connectivity index (χ1v) is 12.5. The van der Waals surface area contributed by atoms with Gasteiger partial charge in [-0.2, -0.15) is 8.78 Å². The molecule has 2 aromatic rings. The molecule has 1 atom stereocenters. The smallest absolute Gasteiger partial charge is 0.387 e. The third kappa shape index (κ3) is 10.1. The van der Waals surface area contributed by atoms with Crippen LogP contribution in [0.25, 0.3) is 0 Å². The van der Waals surface area contributed by atoms with Gasteiger partial charge in [0.15, 0.2) is 11.5 Å². The third-order valence-corrected chi connectivity index (χ3v) is 5.79. The third-order valence-electron chi connectivity index (χ3n) is 5.79. The lowest BCUT2D eigenvalue weighted by Crippen LogP contribution is -2.42. The van der Waals surface area contributed by atoms with Crippen LogP contribution in [0.4, 0.5) is 8.78 Å². The van der Waals surface area contributed by atoms with Crippen molar-refractivity contribution in [2.24, 2.45) is 5.16 Å². The molecule has 14 heteroatoms. The molecule has 232 valence electrons. The number of hydrogen-bond donors (Lipinski definition) is 0. The van der Waals surface area contributed by atoms with Crippen LogP contribution in [0, 0.1) is 0 Å². The summed E-state index contributed by atoms with van der Waals surface area (Å²) in [6, 6.07) is 13.4. The van der Waals surface area contributed by atoms with E-state index in [2.05, 4.69) is 30.7 Å². The van der Waals surface area contributed by atoms with Crippen molar-refractivity contribution in [3.05, 3.63) is 71.8 Å². The van der Waals surface area contributed by atoms with Crippen molar-refractivity contribution < 1.29 is 61.2 Å². The van der Waals surface area contributed by atoms with E-state index < -0.39 is 42.5 Å². The lowest BCUT2D eigenvalue weighted by molar-refractivity contribution is -0.173. The quantitative estimate of drug-likeness (QED) is 0.198. The Kier molecular flexibility index (Phi) is 13.1. The predicted molar refractivity (Wildman–Crippen MR) is 145 cm³/mol. The SMILES string of the molecule is C=C(CC(=O)OC)C(=O)OC.COC(=O)CC1(C(=O)OC)CC(c2ccc(OC(F)F)c(OCc3ccccc3)c2)=NO1. The number of hydrogen-bond acceptors (Lipinski definition) is 12. The van der Waals surface area contributed by atoms with E-state index in [0.29, 0.717) is 11.3 Å². The molecule has 0 amide bonds. The van der Waals surface area contributed by atoms with E-state index in [1.54, 1.807) is 0 Å². The van der Waals surface area contributed by atoms with Gasteiger partial charge in [-0.3, -0.25) is 9.59 Å². The van der Waals surface area contributed by atoms with Gasteiger partial charge in [-0.15, -0.1) is 0 Å². The number of carbonyl (C=O) groups is 4. The maximum Gasteiger partial charge on any atom is 0.387 e. The molecule has 0 aromatic heterocycles. The van der Waals surface area contributed by atoms with Crippen LogP contribution in [0.2, 0.25) is 0 Å². The Hall–Kier alpha value is -5.01. The lowest BCUT2D eigenvalue weighted by Gasteiger charge is -2.22. The Morgan fingerprint density at radius 2 is 1.60 bits per heavy atom. The Balaban J connectivity index is 0.000000499. The molecular weight excluding hydrogens is 576 g/mol. The van der Waals surface area contributed by atoms with Crippen molar-refractivity contribution in [2.75, 3.05) is 28.4 Å². The average Bonchev–Trinajstić information content (AvgIpc) is 3.44. The maximum absolute atomic E-state index is 12.8. The minimum atomic E-state index is -3.04. The summed E-state index contributed by atoms with van der Waals surface area (Å²) >= 11 is 0. The van der Waals surface area contributed by atoms with E-state index >= 15 is 0 Å². The molecule has 43 heavy (non-hydrogen) atoms. The van der Waals surface area contributed by atoms with E-state index in [0.717, 1.165) is 12.7 Å². The zero-order valence-corrected chi connectivity index (χ0v) is 23.9. The number of methoxy groups -OCH3 is 4. The van der Waals surface area contributed by atoms with Gasteiger partial charge in [0.25, 0.3) is 0 Å². The summed E-state index contributed by atoms with van der Waals surface area (Å²) in [6.45, 7) is 0.408. The molecule has 0 radical (unpaired) electrons. The summed E-state index contributed by atoms with van der Waals surface area (Å²) in [5.41, 5.74) is -0.0252. The molecule has 0 bridgehead atoms. The average molecular weight is 608 g/mol. The van der Waals surface area contributed by atoms with Crippen molar-refractivity contribution in [1.82, 2.24) is 0 Å².